The molecule has 5 heteroatoms. The number of ether oxygens (including phenoxy) is 1. The van der Waals surface area contributed by atoms with Gasteiger partial charge in [0.05, 0.1) is 18.2 Å². The van der Waals surface area contributed by atoms with Gasteiger partial charge in [0.15, 0.2) is 12.5 Å². The van der Waals surface area contributed by atoms with E-state index in [1.807, 2.05) is 0 Å². The van der Waals surface area contributed by atoms with Gasteiger partial charge in [0, 0.05) is 0 Å². The normalized spacial score (nSPS) is 52.6. The van der Waals surface area contributed by atoms with Crippen molar-refractivity contribution in [1.82, 2.24) is 0 Å². The number of alkyl halides is 1. The van der Waals surface area contributed by atoms with Crippen LogP contribution in [0, 0.1) is 0 Å². The predicted octanol–water partition coefficient (Wildman–Crippen LogP) is -1.25. The predicted molar refractivity (Wildman–Crippen MR) is 35.4 cm³/mol. The molecule has 1 rings (SSSR count). The molecule has 0 saturated carbocycles. The Morgan fingerprint density at radius 3 is 2.55 bits per heavy atom. The topological polar surface area (TPSA) is 75.7 Å². The lowest BCUT2D eigenvalue weighted by atomic mass is 9.99. The minimum atomic E-state index is -1.71. The van der Waals surface area contributed by atoms with Crippen molar-refractivity contribution in [2.75, 3.05) is 0 Å². The van der Waals surface area contributed by atoms with Gasteiger partial charge < -0.3 is 20.7 Å². The van der Waals surface area contributed by atoms with Crippen LogP contribution in [0.1, 0.15) is 6.92 Å². The fraction of sp³-hybridized carbons (Fsp3) is 1.00. The highest BCUT2D eigenvalue weighted by Gasteiger charge is 2.40. The summed E-state index contributed by atoms with van der Waals surface area (Å²) >= 11 is 0. The first kappa shape index (κ1) is 8.86. The summed E-state index contributed by atoms with van der Waals surface area (Å²) in [6.45, 7) is 1.53. The fourth-order valence-electron chi connectivity index (χ4n) is 1.07. The van der Waals surface area contributed by atoms with Crippen molar-refractivity contribution < 1.29 is 19.3 Å². The van der Waals surface area contributed by atoms with E-state index in [1.54, 1.807) is 0 Å². The van der Waals surface area contributed by atoms with E-state index >= 15 is 0 Å². The molecule has 0 bridgehead atoms. The number of rotatable bonds is 0. The number of aliphatic hydroxyl groups is 2. The first-order chi connectivity index (χ1) is 5.04. The fourth-order valence-corrected chi connectivity index (χ4v) is 1.07. The van der Waals surface area contributed by atoms with Crippen molar-refractivity contribution in [2.24, 2.45) is 5.73 Å². The minimum absolute atomic E-state index is 0.619. The van der Waals surface area contributed by atoms with Gasteiger partial charge in [-0.2, -0.15) is 0 Å². The van der Waals surface area contributed by atoms with Gasteiger partial charge in [-0.3, -0.25) is 0 Å². The van der Waals surface area contributed by atoms with Gasteiger partial charge in [-0.1, -0.05) is 0 Å². The molecular formula is C6H12FNO3. The molecule has 1 aliphatic rings. The highest BCUT2D eigenvalue weighted by molar-refractivity contribution is 4.89. The van der Waals surface area contributed by atoms with E-state index in [4.69, 9.17) is 15.9 Å². The van der Waals surface area contributed by atoms with Crippen LogP contribution in [0.25, 0.3) is 0 Å². The Hall–Kier alpha value is -0.230. The number of halogens is 1. The molecule has 0 aromatic carbocycles. The number of aliphatic hydroxyl groups excluding tert-OH is 2. The van der Waals surface area contributed by atoms with E-state index in [0.717, 1.165) is 0 Å². The lowest BCUT2D eigenvalue weighted by Gasteiger charge is -2.36. The Balaban J connectivity index is 2.63. The van der Waals surface area contributed by atoms with Crippen molar-refractivity contribution in [2.45, 2.75) is 37.6 Å². The number of hydrogen-bond donors (Lipinski definition) is 3. The minimum Gasteiger partial charge on any atom is -0.389 e. The zero-order chi connectivity index (χ0) is 8.59. The lowest BCUT2D eigenvalue weighted by Crippen LogP contribution is -2.58. The smallest absolute Gasteiger partial charge is 0.188 e. The summed E-state index contributed by atoms with van der Waals surface area (Å²) in [7, 11) is 0. The van der Waals surface area contributed by atoms with Gasteiger partial charge in [-0.15, -0.1) is 0 Å². The molecule has 11 heavy (non-hydrogen) atoms. The van der Waals surface area contributed by atoms with Crippen LogP contribution in [0.5, 0.6) is 0 Å². The summed E-state index contributed by atoms with van der Waals surface area (Å²) < 4.78 is 17.4. The largest absolute Gasteiger partial charge is 0.389 e. The molecule has 0 aromatic rings. The molecule has 0 spiro atoms. The van der Waals surface area contributed by atoms with E-state index in [2.05, 4.69) is 4.74 Å². The Morgan fingerprint density at radius 2 is 2.00 bits per heavy atom. The van der Waals surface area contributed by atoms with Gasteiger partial charge in [0.25, 0.3) is 0 Å². The number of nitrogens with two attached hydrogens (primary N) is 1. The van der Waals surface area contributed by atoms with Crippen molar-refractivity contribution >= 4 is 0 Å². The first-order valence-electron chi connectivity index (χ1n) is 3.45. The molecule has 0 radical (unpaired) electrons. The average molecular weight is 165 g/mol. The maximum Gasteiger partial charge on any atom is 0.188 e. The summed E-state index contributed by atoms with van der Waals surface area (Å²) in [6.07, 6.45) is -4.88. The van der Waals surface area contributed by atoms with Gasteiger partial charge in [-0.05, 0) is 6.92 Å². The summed E-state index contributed by atoms with van der Waals surface area (Å²) in [5, 5.41) is 18.0. The third kappa shape index (κ3) is 1.51. The maximum atomic E-state index is 12.7. The Morgan fingerprint density at radius 1 is 1.45 bits per heavy atom. The Kier molecular flexibility index (Phi) is 2.43. The zero-order valence-corrected chi connectivity index (χ0v) is 6.14. The standard InChI is InChI=1S/C6H12FNO3/c1-2-5(9)4(8)3(7)6(10)11-2/h2-6,9-10H,8H2,1H3. The van der Waals surface area contributed by atoms with Crippen molar-refractivity contribution in [3.05, 3.63) is 0 Å². The summed E-state index contributed by atoms with van der Waals surface area (Å²) in [5.41, 5.74) is 5.24. The number of hydrogen-bond acceptors (Lipinski definition) is 4. The second-order valence-corrected chi connectivity index (χ2v) is 2.74. The van der Waals surface area contributed by atoms with Gasteiger partial charge in [0.1, 0.15) is 0 Å². The molecule has 0 aromatic heterocycles. The van der Waals surface area contributed by atoms with Gasteiger partial charge in [0.2, 0.25) is 0 Å². The van der Waals surface area contributed by atoms with E-state index in [0.29, 0.717) is 0 Å². The zero-order valence-electron chi connectivity index (χ0n) is 6.14. The molecule has 66 valence electrons. The molecular weight excluding hydrogens is 153 g/mol. The Labute approximate surface area is 63.8 Å². The first-order valence-corrected chi connectivity index (χ1v) is 3.45. The van der Waals surface area contributed by atoms with Crippen LogP contribution >= 0.6 is 0 Å². The van der Waals surface area contributed by atoms with E-state index < -0.39 is 30.7 Å². The van der Waals surface area contributed by atoms with E-state index in [9.17, 15) is 4.39 Å². The molecule has 5 unspecified atom stereocenters. The molecule has 4 nitrogen and oxygen atoms in total. The lowest BCUT2D eigenvalue weighted by molar-refractivity contribution is -0.231. The van der Waals surface area contributed by atoms with E-state index in [-0.39, 0.29) is 0 Å². The molecule has 0 aliphatic carbocycles. The van der Waals surface area contributed by atoms with Crippen LogP contribution in [-0.2, 0) is 4.74 Å². The van der Waals surface area contributed by atoms with Crippen LogP contribution < -0.4 is 5.73 Å². The third-order valence-corrected chi connectivity index (χ3v) is 1.87. The molecule has 0 amide bonds. The van der Waals surface area contributed by atoms with Crippen LogP contribution in [0.2, 0.25) is 0 Å². The molecule has 5 atom stereocenters. The maximum absolute atomic E-state index is 12.7. The SMILES string of the molecule is CC1OC(O)C(F)C(N)C1O. The summed E-state index contributed by atoms with van der Waals surface area (Å²) in [5.74, 6) is 0. The van der Waals surface area contributed by atoms with Crippen molar-refractivity contribution in [3.8, 4) is 0 Å². The molecule has 4 N–H and O–H groups in total. The average Bonchev–Trinajstić information content (AvgIpc) is 1.97. The van der Waals surface area contributed by atoms with Crippen LogP contribution in [0.3, 0.4) is 0 Å². The van der Waals surface area contributed by atoms with Crippen LogP contribution in [0.15, 0.2) is 0 Å². The van der Waals surface area contributed by atoms with E-state index in [1.165, 1.54) is 6.92 Å². The highest BCUT2D eigenvalue weighted by atomic mass is 19.1. The van der Waals surface area contributed by atoms with Crippen LogP contribution in [-0.4, -0.2) is 40.9 Å². The summed E-state index contributed by atoms with van der Waals surface area (Å²) in [6, 6.07) is -1.06. The molecule has 1 saturated heterocycles. The third-order valence-electron chi connectivity index (χ3n) is 1.87. The monoisotopic (exact) mass is 165 g/mol. The van der Waals surface area contributed by atoms with Gasteiger partial charge >= 0.3 is 0 Å². The summed E-state index contributed by atoms with van der Waals surface area (Å²) in [4.78, 5) is 0. The molecule has 1 heterocycles. The van der Waals surface area contributed by atoms with Gasteiger partial charge in [-0.25, -0.2) is 4.39 Å². The molecule has 1 fully saturated rings. The van der Waals surface area contributed by atoms with Crippen LogP contribution in [0.4, 0.5) is 4.39 Å². The second kappa shape index (κ2) is 3.02. The Bertz CT molecular complexity index is 132. The second-order valence-electron chi connectivity index (χ2n) is 2.74. The van der Waals surface area contributed by atoms with Crippen molar-refractivity contribution in [3.63, 3.8) is 0 Å². The molecule has 1 aliphatic heterocycles. The quantitative estimate of drug-likeness (QED) is 0.419. The van der Waals surface area contributed by atoms with Crippen molar-refractivity contribution in [1.29, 1.82) is 0 Å². The highest BCUT2D eigenvalue weighted by Crippen LogP contribution is 2.19.